The minimum absolute atomic E-state index is 0.000294. The van der Waals surface area contributed by atoms with Crippen LogP contribution in [0.2, 0.25) is 0 Å². The molecule has 8 aromatic rings. The van der Waals surface area contributed by atoms with Crippen LogP contribution >= 0.6 is 11.3 Å². The first-order chi connectivity index (χ1) is 36.6. The zero-order valence-corrected chi connectivity index (χ0v) is 49.7. The summed E-state index contributed by atoms with van der Waals surface area (Å²) in [6.07, 6.45) is 6.73. The lowest BCUT2D eigenvalue weighted by Crippen LogP contribution is -2.61. The third-order valence-electron chi connectivity index (χ3n) is 20.2. The van der Waals surface area contributed by atoms with Crippen LogP contribution in [0.3, 0.4) is 0 Å². The van der Waals surface area contributed by atoms with Gasteiger partial charge in [-0.3, -0.25) is 0 Å². The molecule has 398 valence electrons. The smallest absolute Gasteiger partial charge is 0.264 e. The average molecular weight is 1050 g/mol. The van der Waals surface area contributed by atoms with Gasteiger partial charge in [0.25, 0.3) is 6.71 Å². The van der Waals surface area contributed by atoms with Crippen molar-refractivity contribution in [1.82, 2.24) is 0 Å². The molecule has 0 N–H and O–H groups in total. The van der Waals surface area contributed by atoms with E-state index in [1.54, 1.807) is 0 Å². The van der Waals surface area contributed by atoms with Gasteiger partial charge in [0.2, 0.25) is 0 Å². The molecule has 7 aromatic carbocycles. The Morgan fingerprint density at radius 2 is 0.949 bits per heavy atom. The monoisotopic (exact) mass is 1050 g/mol. The largest absolute Gasteiger partial charge is 0.311 e. The highest BCUT2D eigenvalue weighted by atomic mass is 32.1. The summed E-state index contributed by atoms with van der Waals surface area (Å²) >= 11 is 1.99. The minimum Gasteiger partial charge on any atom is -0.311 e. The van der Waals surface area contributed by atoms with Crippen molar-refractivity contribution in [2.75, 3.05) is 9.80 Å². The van der Waals surface area contributed by atoms with Gasteiger partial charge in [-0.1, -0.05) is 158 Å². The normalized spacial score (nSPS) is 19.6. The van der Waals surface area contributed by atoms with E-state index in [-0.39, 0.29) is 50.2 Å². The summed E-state index contributed by atoms with van der Waals surface area (Å²) in [5, 5.41) is 1.29. The van der Waals surface area contributed by atoms with Crippen molar-refractivity contribution in [2.24, 2.45) is 0 Å². The van der Waals surface area contributed by atoms with Crippen LogP contribution in [0, 0.1) is 11.6 Å². The molecule has 0 amide bonds. The second-order valence-electron chi connectivity index (χ2n) is 29.2. The third-order valence-corrected chi connectivity index (χ3v) is 21.4. The lowest BCUT2D eigenvalue weighted by molar-refractivity contribution is 0.332. The van der Waals surface area contributed by atoms with Crippen molar-refractivity contribution in [3.8, 4) is 22.3 Å². The molecule has 0 saturated carbocycles. The Morgan fingerprint density at radius 3 is 1.53 bits per heavy atom. The van der Waals surface area contributed by atoms with Gasteiger partial charge in [0.05, 0.1) is 11.3 Å². The zero-order valence-electron chi connectivity index (χ0n) is 48.9. The first-order valence-corrected chi connectivity index (χ1v) is 29.8. The number of halogens is 2. The predicted molar refractivity (Wildman–Crippen MR) is 331 cm³/mol. The molecule has 2 nitrogen and oxygen atoms in total. The van der Waals surface area contributed by atoms with Crippen LogP contribution in [0.5, 0.6) is 0 Å². The molecular formula is C72H77BF2N2S. The quantitative estimate of drug-likeness (QED) is 0.162. The first-order valence-electron chi connectivity index (χ1n) is 29.0. The van der Waals surface area contributed by atoms with Crippen LogP contribution < -0.4 is 25.5 Å². The number of rotatable bonds is 4. The highest BCUT2D eigenvalue weighted by molar-refractivity contribution is 7.33. The van der Waals surface area contributed by atoms with E-state index < -0.39 is 11.6 Å². The van der Waals surface area contributed by atoms with Gasteiger partial charge in [0, 0.05) is 43.3 Å². The fourth-order valence-electron chi connectivity index (χ4n) is 14.8. The maximum atomic E-state index is 16.3. The number of hydrogen-bond acceptors (Lipinski definition) is 3. The molecule has 0 radical (unpaired) electrons. The molecule has 0 unspecified atom stereocenters. The van der Waals surface area contributed by atoms with E-state index in [0.717, 1.165) is 72.4 Å². The topological polar surface area (TPSA) is 6.48 Å². The van der Waals surface area contributed by atoms with Crippen molar-refractivity contribution in [1.29, 1.82) is 0 Å². The molecule has 3 aliphatic carbocycles. The molecule has 6 heteroatoms. The minimum atomic E-state index is -0.573. The first kappa shape index (κ1) is 51.5. The highest BCUT2D eigenvalue weighted by Crippen LogP contribution is 2.56. The van der Waals surface area contributed by atoms with Crippen LogP contribution in [-0.4, -0.2) is 6.71 Å². The third kappa shape index (κ3) is 7.64. The molecule has 0 atom stereocenters. The van der Waals surface area contributed by atoms with E-state index in [9.17, 15) is 0 Å². The zero-order chi connectivity index (χ0) is 55.2. The van der Waals surface area contributed by atoms with Gasteiger partial charge < -0.3 is 9.80 Å². The van der Waals surface area contributed by atoms with E-state index in [1.165, 1.54) is 94.3 Å². The van der Waals surface area contributed by atoms with Crippen molar-refractivity contribution >= 4 is 78.0 Å². The summed E-state index contributed by atoms with van der Waals surface area (Å²) in [4.78, 5) is 5.20. The van der Waals surface area contributed by atoms with Gasteiger partial charge in [-0.25, -0.2) is 8.78 Å². The van der Waals surface area contributed by atoms with Gasteiger partial charge >= 0.3 is 0 Å². The van der Waals surface area contributed by atoms with Crippen molar-refractivity contribution in [3.63, 3.8) is 0 Å². The maximum Gasteiger partial charge on any atom is 0.264 e. The van der Waals surface area contributed by atoms with Crippen molar-refractivity contribution in [2.45, 2.75) is 180 Å². The van der Waals surface area contributed by atoms with E-state index in [0.29, 0.717) is 5.56 Å². The molecule has 13 rings (SSSR count). The molecule has 0 saturated heterocycles. The lowest BCUT2D eigenvalue weighted by Gasteiger charge is -2.47. The fourth-order valence-corrected chi connectivity index (χ4v) is 16.2. The van der Waals surface area contributed by atoms with E-state index >= 15 is 8.78 Å². The second kappa shape index (κ2) is 16.8. The average Bonchev–Trinajstić information content (AvgIpc) is 2.86. The molecule has 5 aliphatic rings. The molecule has 0 fully saturated rings. The van der Waals surface area contributed by atoms with Gasteiger partial charge in [-0.2, -0.15) is 0 Å². The molecular weight excluding hydrogens is 974 g/mol. The Balaban J connectivity index is 1.21. The highest BCUT2D eigenvalue weighted by Gasteiger charge is 2.49. The van der Waals surface area contributed by atoms with Crippen LogP contribution in [-0.2, 0) is 37.9 Å². The molecule has 2 aliphatic heterocycles. The van der Waals surface area contributed by atoms with Gasteiger partial charge in [0.1, 0.15) is 11.6 Å². The summed E-state index contributed by atoms with van der Waals surface area (Å²) in [5.41, 5.74) is 21.5. The molecule has 0 bridgehead atoms. The van der Waals surface area contributed by atoms with Gasteiger partial charge in [-0.05, 0) is 210 Å². The summed E-state index contributed by atoms with van der Waals surface area (Å²) < 4.78 is 35.3. The SMILES string of the molecule is CC(C)(C)c1ccc(N2c3cc(-c4ccccc4-c4c(F)cccc4F)cc4c3B(c3cc5c(cc3N4c3ccc4c(c3)C(C)(C)CCC4(C)C)C(C)(C)CCC5(C)C)c3sc4cc5c(cc4c32)C(C)(C)CCC5(C)C)cc1. The number of benzene rings is 7. The van der Waals surface area contributed by atoms with Crippen LogP contribution in [0.15, 0.2) is 121 Å². The maximum absolute atomic E-state index is 16.3. The Kier molecular flexibility index (Phi) is 11.1. The molecule has 78 heavy (non-hydrogen) atoms. The summed E-state index contributed by atoms with van der Waals surface area (Å²) in [7, 11) is 0. The fraction of sp³-hybridized carbons (Fsp3) is 0.389. The van der Waals surface area contributed by atoms with Gasteiger partial charge in [0.15, 0.2) is 0 Å². The Morgan fingerprint density at radius 1 is 0.462 bits per heavy atom. The predicted octanol–water partition coefficient (Wildman–Crippen LogP) is 18.9. The Labute approximate surface area is 468 Å². The molecule has 3 heterocycles. The van der Waals surface area contributed by atoms with Crippen LogP contribution in [0.1, 0.15) is 181 Å². The van der Waals surface area contributed by atoms with Crippen LogP contribution in [0.25, 0.3) is 32.3 Å². The number of fused-ring (bicyclic) bond motifs is 9. The van der Waals surface area contributed by atoms with Crippen molar-refractivity contribution < 1.29 is 8.78 Å². The number of thiophene rings is 1. The second-order valence-corrected chi connectivity index (χ2v) is 30.3. The Bertz CT molecular complexity index is 3820. The van der Waals surface area contributed by atoms with E-state index in [1.807, 2.05) is 29.5 Å². The van der Waals surface area contributed by atoms with E-state index in [4.69, 9.17) is 0 Å². The number of nitrogens with zero attached hydrogens (tertiary/aromatic N) is 2. The Hall–Kier alpha value is -5.98. The molecule has 0 spiro atoms. The summed E-state index contributed by atoms with van der Waals surface area (Å²) in [6, 6.07) is 44.0. The van der Waals surface area contributed by atoms with E-state index in [2.05, 4.69) is 199 Å². The standard InChI is InChI=1S/C72H77BF2N2S/c1-66(2,3)43-23-25-44(26-24-43)77-60-36-42(46-19-16-17-20-47(46)62-56(74)21-18-22-57(62)75)35-59-63(60)73(65-64(77)48-38-51-54(41-61(48)78-65)72(14,15)34-31-69(51,8)9)55-39-52-53(71(12,13)33-32-70(52,10)11)40-58(55)76(59)45-27-28-49-50(37-45)68(6,7)30-29-67(49,4)5/h16-28,35-41H,29-34H2,1-15H3. The summed E-state index contributed by atoms with van der Waals surface area (Å²) in [5.74, 6) is -1.15. The van der Waals surface area contributed by atoms with Crippen molar-refractivity contribution in [3.05, 3.63) is 172 Å². The number of anilines is 6. The number of hydrogen-bond donors (Lipinski definition) is 0. The summed E-state index contributed by atoms with van der Waals surface area (Å²) in [6.45, 7) is 36.0. The lowest BCUT2D eigenvalue weighted by atomic mass is 9.35. The molecule has 1 aromatic heterocycles. The van der Waals surface area contributed by atoms with Crippen LogP contribution in [0.4, 0.5) is 42.9 Å². The van der Waals surface area contributed by atoms with Gasteiger partial charge in [-0.15, -0.1) is 11.3 Å².